The van der Waals surface area contributed by atoms with Crippen LogP contribution in [0.25, 0.3) is 0 Å². The number of hydrogen-bond donors (Lipinski definition) is 2. The van der Waals surface area contributed by atoms with Crippen LogP contribution in [-0.4, -0.2) is 23.8 Å². The van der Waals surface area contributed by atoms with Gasteiger partial charge in [0.05, 0.1) is 5.60 Å². The third-order valence-corrected chi connectivity index (χ3v) is 2.79. The van der Waals surface area contributed by atoms with Crippen molar-refractivity contribution in [2.24, 2.45) is 5.92 Å². The lowest BCUT2D eigenvalue weighted by Gasteiger charge is -2.32. The lowest BCUT2D eigenvalue weighted by Crippen LogP contribution is -2.43. The van der Waals surface area contributed by atoms with Gasteiger partial charge >= 0.3 is 0 Å². The first-order chi connectivity index (χ1) is 6.12. The Balaban J connectivity index is 2.17. The first-order valence-corrected chi connectivity index (χ1v) is 5.55. The molecule has 78 valence electrons. The molecule has 2 nitrogen and oxygen atoms in total. The van der Waals surface area contributed by atoms with Gasteiger partial charge in [0.1, 0.15) is 0 Å². The second-order valence-electron chi connectivity index (χ2n) is 4.81. The summed E-state index contributed by atoms with van der Waals surface area (Å²) in [6.07, 6.45) is 5.66. The molecule has 0 atom stereocenters. The zero-order chi connectivity index (χ0) is 9.73. The summed E-state index contributed by atoms with van der Waals surface area (Å²) in [7, 11) is 0. The summed E-state index contributed by atoms with van der Waals surface area (Å²) in [5.74, 6) is 0.673. The van der Waals surface area contributed by atoms with Gasteiger partial charge in [0.15, 0.2) is 0 Å². The molecule has 1 rings (SSSR count). The van der Waals surface area contributed by atoms with Crippen LogP contribution in [0.3, 0.4) is 0 Å². The SMILES string of the molecule is CC(C)CNCC1(O)CCCCC1. The molecule has 1 aliphatic carbocycles. The molecule has 1 aliphatic rings. The summed E-state index contributed by atoms with van der Waals surface area (Å²) in [6.45, 7) is 6.18. The van der Waals surface area contributed by atoms with Gasteiger partial charge in [-0.05, 0) is 25.3 Å². The Morgan fingerprint density at radius 2 is 1.85 bits per heavy atom. The summed E-state index contributed by atoms with van der Waals surface area (Å²) >= 11 is 0. The van der Waals surface area contributed by atoms with Gasteiger partial charge in [0.2, 0.25) is 0 Å². The monoisotopic (exact) mass is 185 g/mol. The minimum atomic E-state index is -0.396. The normalized spacial score (nSPS) is 22.2. The molecular weight excluding hydrogens is 162 g/mol. The first kappa shape index (κ1) is 11.0. The summed E-state index contributed by atoms with van der Waals surface area (Å²) in [4.78, 5) is 0. The smallest absolute Gasteiger partial charge is 0.0771 e. The summed E-state index contributed by atoms with van der Waals surface area (Å²) in [6, 6.07) is 0. The van der Waals surface area contributed by atoms with E-state index in [0.29, 0.717) is 5.92 Å². The van der Waals surface area contributed by atoms with Crippen molar-refractivity contribution in [1.29, 1.82) is 0 Å². The van der Waals surface area contributed by atoms with E-state index in [1.807, 2.05) is 0 Å². The topological polar surface area (TPSA) is 32.3 Å². The van der Waals surface area contributed by atoms with Gasteiger partial charge in [0, 0.05) is 6.54 Å². The molecule has 0 aromatic rings. The van der Waals surface area contributed by atoms with Crippen molar-refractivity contribution in [2.75, 3.05) is 13.1 Å². The van der Waals surface area contributed by atoms with Crippen molar-refractivity contribution in [3.63, 3.8) is 0 Å². The van der Waals surface area contributed by atoms with E-state index < -0.39 is 5.60 Å². The molecule has 0 spiro atoms. The fourth-order valence-electron chi connectivity index (χ4n) is 1.98. The minimum absolute atomic E-state index is 0.396. The van der Waals surface area contributed by atoms with Gasteiger partial charge in [-0.2, -0.15) is 0 Å². The predicted molar refractivity (Wildman–Crippen MR) is 55.7 cm³/mol. The Kier molecular flexibility index (Phi) is 4.20. The van der Waals surface area contributed by atoms with Gasteiger partial charge < -0.3 is 10.4 Å². The lowest BCUT2D eigenvalue weighted by molar-refractivity contribution is 0.00458. The van der Waals surface area contributed by atoms with Crippen LogP contribution in [0.15, 0.2) is 0 Å². The van der Waals surface area contributed by atoms with E-state index >= 15 is 0 Å². The molecule has 0 bridgehead atoms. The lowest BCUT2D eigenvalue weighted by atomic mass is 9.85. The molecule has 0 heterocycles. The molecule has 0 saturated heterocycles. The Bertz CT molecular complexity index is 139. The molecule has 0 aromatic carbocycles. The van der Waals surface area contributed by atoms with Crippen molar-refractivity contribution in [1.82, 2.24) is 5.32 Å². The van der Waals surface area contributed by atoms with Crippen LogP contribution in [0.5, 0.6) is 0 Å². The molecule has 1 fully saturated rings. The van der Waals surface area contributed by atoms with E-state index in [1.54, 1.807) is 0 Å². The van der Waals surface area contributed by atoms with Gasteiger partial charge in [-0.3, -0.25) is 0 Å². The number of rotatable bonds is 4. The summed E-state index contributed by atoms with van der Waals surface area (Å²) < 4.78 is 0. The molecule has 2 heteroatoms. The number of nitrogens with one attached hydrogen (secondary N) is 1. The maximum absolute atomic E-state index is 10.1. The molecule has 0 aliphatic heterocycles. The van der Waals surface area contributed by atoms with E-state index in [0.717, 1.165) is 25.9 Å². The van der Waals surface area contributed by atoms with E-state index in [-0.39, 0.29) is 0 Å². The van der Waals surface area contributed by atoms with Gasteiger partial charge in [-0.1, -0.05) is 33.1 Å². The predicted octanol–water partition coefficient (Wildman–Crippen LogP) is 1.93. The minimum Gasteiger partial charge on any atom is -0.389 e. The Hall–Kier alpha value is -0.0800. The molecule has 0 radical (unpaired) electrons. The average molecular weight is 185 g/mol. The second kappa shape index (κ2) is 4.97. The Labute approximate surface area is 81.7 Å². The van der Waals surface area contributed by atoms with E-state index in [1.165, 1.54) is 19.3 Å². The quantitative estimate of drug-likeness (QED) is 0.701. The zero-order valence-corrected chi connectivity index (χ0v) is 8.97. The highest BCUT2D eigenvalue weighted by Crippen LogP contribution is 2.27. The highest BCUT2D eigenvalue weighted by Gasteiger charge is 2.28. The standard InChI is InChI=1S/C11H23NO/c1-10(2)8-12-9-11(13)6-4-3-5-7-11/h10,12-13H,3-9H2,1-2H3. The fraction of sp³-hybridized carbons (Fsp3) is 1.00. The largest absolute Gasteiger partial charge is 0.389 e. The summed E-state index contributed by atoms with van der Waals surface area (Å²) in [5, 5.41) is 13.5. The van der Waals surface area contributed by atoms with Crippen LogP contribution >= 0.6 is 0 Å². The molecule has 0 aromatic heterocycles. The molecule has 0 unspecified atom stereocenters. The number of hydrogen-bond acceptors (Lipinski definition) is 2. The molecule has 1 saturated carbocycles. The van der Waals surface area contributed by atoms with Crippen LogP contribution in [-0.2, 0) is 0 Å². The summed E-state index contributed by atoms with van der Waals surface area (Å²) in [5.41, 5.74) is -0.396. The van der Waals surface area contributed by atoms with Gasteiger partial charge in [-0.25, -0.2) is 0 Å². The maximum atomic E-state index is 10.1. The highest BCUT2D eigenvalue weighted by atomic mass is 16.3. The molecular formula is C11H23NO. The van der Waals surface area contributed by atoms with Crippen LogP contribution < -0.4 is 5.32 Å². The third-order valence-electron chi connectivity index (χ3n) is 2.79. The highest BCUT2D eigenvalue weighted by molar-refractivity contribution is 4.84. The van der Waals surface area contributed by atoms with Crippen molar-refractivity contribution in [3.05, 3.63) is 0 Å². The maximum Gasteiger partial charge on any atom is 0.0771 e. The fourth-order valence-corrected chi connectivity index (χ4v) is 1.98. The zero-order valence-electron chi connectivity index (χ0n) is 8.97. The van der Waals surface area contributed by atoms with Crippen molar-refractivity contribution in [2.45, 2.75) is 51.6 Å². The van der Waals surface area contributed by atoms with Gasteiger partial charge in [0.25, 0.3) is 0 Å². The third kappa shape index (κ3) is 4.10. The van der Waals surface area contributed by atoms with Crippen molar-refractivity contribution in [3.8, 4) is 0 Å². The van der Waals surface area contributed by atoms with Crippen LogP contribution in [0.4, 0.5) is 0 Å². The van der Waals surface area contributed by atoms with Crippen LogP contribution in [0.2, 0.25) is 0 Å². The van der Waals surface area contributed by atoms with Gasteiger partial charge in [-0.15, -0.1) is 0 Å². The molecule has 2 N–H and O–H groups in total. The Morgan fingerprint density at radius 3 is 2.38 bits per heavy atom. The number of aliphatic hydroxyl groups is 1. The van der Waals surface area contributed by atoms with Crippen molar-refractivity contribution < 1.29 is 5.11 Å². The van der Waals surface area contributed by atoms with Crippen molar-refractivity contribution >= 4 is 0 Å². The second-order valence-corrected chi connectivity index (χ2v) is 4.81. The van der Waals surface area contributed by atoms with Crippen LogP contribution in [0.1, 0.15) is 46.0 Å². The average Bonchev–Trinajstić information content (AvgIpc) is 2.04. The first-order valence-electron chi connectivity index (χ1n) is 5.55. The molecule has 13 heavy (non-hydrogen) atoms. The van der Waals surface area contributed by atoms with E-state index in [2.05, 4.69) is 19.2 Å². The van der Waals surface area contributed by atoms with Crippen LogP contribution in [0, 0.1) is 5.92 Å². The van der Waals surface area contributed by atoms with E-state index in [4.69, 9.17) is 0 Å². The molecule has 0 amide bonds. The Morgan fingerprint density at radius 1 is 1.23 bits per heavy atom. The van der Waals surface area contributed by atoms with E-state index in [9.17, 15) is 5.11 Å².